The van der Waals surface area contributed by atoms with Gasteiger partial charge < -0.3 is 0 Å². The summed E-state index contributed by atoms with van der Waals surface area (Å²) in [4.78, 5) is 3.88. The number of nitrogens with one attached hydrogen (secondary N) is 1. The lowest BCUT2D eigenvalue weighted by molar-refractivity contribution is 1.04. The van der Waals surface area contributed by atoms with Crippen molar-refractivity contribution in [2.24, 2.45) is 4.99 Å². The van der Waals surface area contributed by atoms with Crippen LogP contribution in [0.5, 0.6) is 0 Å². The summed E-state index contributed by atoms with van der Waals surface area (Å²) >= 11 is 0. The third kappa shape index (κ3) is 1.33. The van der Waals surface area contributed by atoms with Crippen LogP contribution < -0.4 is 0 Å². The van der Waals surface area contributed by atoms with Gasteiger partial charge in [0.15, 0.2) is 5.82 Å². The Hall–Kier alpha value is -1.90. The van der Waals surface area contributed by atoms with E-state index in [1.807, 2.05) is 37.3 Å². The van der Waals surface area contributed by atoms with Crippen molar-refractivity contribution in [2.75, 3.05) is 0 Å². The van der Waals surface area contributed by atoms with Crippen LogP contribution in [0.3, 0.4) is 0 Å². The van der Waals surface area contributed by atoms with Gasteiger partial charge >= 0.3 is 0 Å². The van der Waals surface area contributed by atoms with Crippen molar-refractivity contribution in [3.05, 3.63) is 36.0 Å². The van der Waals surface area contributed by atoms with E-state index in [2.05, 4.69) is 21.9 Å². The molecule has 0 radical (unpaired) electrons. The van der Waals surface area contributed by atoms with E-state index in [4.69, 9.17) is 0 Å². The first-order valence-corrected chi connectivity index (χ1v) is 4.40. The van der Waals surface area contributed by atoms with Crippen LogP contribution in [-0.4, -0.2) is 16.9 Å². The molecular weight excluding hydrogens is 174 g/mol. The highest BCUT2D eigenvalue weighted by Gasteiger charge is 2.09. The van der Waals surface area contributed by atoms with Gasteiger partial charge in [-0.25, -0.2) is 4.99 Å². The molecule has 0 aliphatic heterocycles. The zero-order valence-corrected chi connectivity index (χ0v) is 7.99. The number of aryl methyl sites for hydroxylation is 1. The van der Waals surface area contributed by atoms with Gasteiger partial charge in [0.2, 0.25) is 0 Å². The molecule has 0 bridgehead atoms. The Balaban J connectivity index is 2.61. The van der Waals surface area contributed by atoms with E-state index in [9.17, 15) is 0 Å². The van der Waals surface area contributed by atoms with Crippen molar-refractivity contribution < 1.29 is 0 Å². The highest BCUT2D eigenvalue weighted by molar-refractivity contribution is 5.76. The largest absolute Gasteiger partial charge is 0.280 e. The summed E-state index contributed by atoms with van der Waals surface area (Å²) in [5.41, 5.74) is 3.15. The van der Waals surface area contributed by atoms with E-state index < -0.39 is 0 Å². The minimum absolute atomic E-state index is 0.661. The Bertz CT molecular complexity index is 443. The van der Waals surface area contributed by atoms with Crippen LogP contribution in [0.1, 0.15) is 5.69 Å². The first-order valence-electron chi connectivity index (χ1n) is 4.40. The maximum atomic E-state index is 4.06. The molecule has 0 spiro atoms. The summed E-state index contributed by atoms with van der Waals surface area (Å²) in [6.07, 6.45) is 0. The van der Waals surface area contributed by atoms with E-state index in [0.717, 1.165) is 16.8 Å². The van der Waals surface area contributed by atoms with E-state index in [1.54, 1.807) is 0 Å². The molecule has 3 heteroatoms. The van der Waals surface area contributed by atoms with Gasteiger partial charge in [-0.2, -0.15) is 5.10 Å². The number of benzene rings is 1. The fourth-order valence-corrected chi connectivity index (χ4v) is 1.48. The van der Waals surface area contributed by atoms with Crippen molar-refractivity contribution in [1.82, 2.24) is 10.2 Å². The van der Waals surface area contributed by atoms with Gasteiger partial charge in [-0.3, -0.25) is 5.10 Å². The number of H-pyrrole nitrogens is 1. The molecule has 70 valence electrons. The third-order valence-corrected chi connectivity index (χ3v) is 2.14. The average Bonchev–Trinajstić information content (AvgIpc) is 2.61. The molecule has 0 aliphatic rings. The molecule has 0 saturated carbocycles. The fourth-order valence-electron chi connectivity index (χ4n) is 1.48. The second kappa shape index (κ2) is 3.46. The SMILES string of the molecule is C=Nc1n[nH]c(C)c1-c1ccccc1. The molecule has 0 atom stereocenters. The lowest BCUT2D eigenvalue weighted by Gasteiger charge is -1.99. The van der Waals surface area contributed by atoms with E-state index in [1.165, 1.54) is 0 Å². The third-order valence-electron chi connectivity index (χ3n) is 2.14. The van der Waals surface area contributed by atoms with Crippen LogP contribution in [0.2, 0.25) is 0 Å². The summed E-state index contributed by atoms with van der Waals surface area (Å²) in [7, 11) is 0. The molecule has 1 aromatic heterocycles. The molecule has 2 rings (SSSR count). The normalized spacial score (nSPS) is 10.1. The van der Waals surface area contributed by atoms with Gasteiger partial charge in [0.05, 0.1) is 0 Å². The Morgan fingerprint density at radius 2 is 2.00 bits per heavy atom. The average molecular weight is 185 g/mol. The Morgan fingerprint density at radius 3 is 2.64 bits per heavy atom. The van der Waals surface area contributed by atoms with Crippen molar-refractivity contribution in [1.29, 1.82) is 0 Å². The van der Waals surface area contributed by atoms with Gasteiger partial charge in [0, 0.05) is 11.3 Å². The summed E-state index contributed by atoms with van der Waals surface area (Å²) in [6, 6.07) is 10.0. The van der Waals surface area contributed by atoms with Crippen LogP contribution >= 0.6 is 0 Å². The topological polar surface area (TPSA) is 41.0 Å². The number of aliphatic imine (C=N–C) groups is 1. The zero-order chi connectivity index (χ0) is 9.97. The Labute approximate surface area is 82.5 Å². The van der Waals surface area contributed by atoms with Crippen LogP contribution in [0, 0.1) is 6.92 Å². The van der Waals surface area contributed by atoms with Crippen LogP contribution in [-0.2, 0) is 0 Å². The highest BCUT2D eigenvalue weighted by atomic mass is 15.2. The van der Waals surface area contributed by atoms with Crippen molar-refractivity contribution in [3.8, 4) is 11.1 Å². The van der Waals surface area contributed by atoms with Crippen LogP contribution in [0.25, 0.3) is 11.1 Å². The summed E-state index contributed by atoms with van der Waals surface area (Å²) < 4.78 is 0. The summed E-state index contributed by atoms with van der Waals surface area (Å²) in [5, 5.41) is 6.96. The molecule has 1 N–H and O–H groups in total. The first kappa shape index (κ1) is 8.69. The van der Waals surface area contributed by atoms with E-state index in [-0.39, 0.29) is 0 Å². The summed E-state index contributed by atoms with van der Waals surface area (Å²) in [6.45, 7) is 5.47. The molecule has 3 nitrogen and oxygen atoms in total. The maximum absolute atomic E-state index is 4.06. The van der Waals surface area contributed by atoms with Crippen molar-refractivity contribution >= 4 is 12.5 Å². The van der Waals surface area contributed by atoms with Gasteiger partial charge in [-0.05, 0) is 19.2 Å². The molecular formula is C11H11N3. The van der Waals surface area contributed by atoms with E-state index in [0.29, 0.717) is 5.82 Å². The quantitative estimate of drug-likeness (QED) is 0.718. The molecule has 2 aromatic rings. The number of hydrogen-bond acceptors (Lipinski definition) is 2. The smallest absolute Gasteiger partial charge is 0.181 e. The predicted molar refractivity (Wildman–Crippen MR) is 58.0 cm³/mol. The number of rotatable bonds is 2. The second-order valence-electron chi connectivity index (χ2n) is 3.07. The number of aromatic nitrogens is 2. The second-order valence-corrected chi connectivity index (χ2v) is 3.07. The van der Waals surface area contributed by atoms with Gasteiger partial charge in [0.1, 0.15) is 0 Å². The molecule has 0 aliphatic carbocycles. The molecule has 1 aromatic carbocycles. The van der Waals surface area contributed by atoms with Gasteiger partial charge in [-0.1, -0.05) is 30.3 Å². The van der Waals surface area contributed by atoms with E-state index >= 15 is 0 Å². The number of aromatic amines is 1. The lowest BCUT2D eigenvalue weighted by Crippen LogP contribution is -1.78. The minimum Gasteiger partial charge on any atom is -0.280 e. The molecule has 0 unspecified atom stereocenters. The minimum atomic E-state index is 0.661. The van der Waals surface area contributed by atoms with Crippen molar-refractivity contribution in [2.45, 2.75) is 6.92 Å². The monoisotopic (exact) mass is 185 g/mol. The fraction of sp³-hybridized carbons (Fsp3) is 0.0909. The van der Waals surface area contributed by atoms with Crippen LogP contribution in [0.4, 0.5) is 5.82 Å². The highest BCUT2D eigenvalue weighted by Crippen LogP contribution is 2.30. The Morgan fingerprint density at radius 1 is 1.29 bits per heavy atom. The van der Waals surface area contributed by atoms with Crippen molar-refractivity contribution in [3.63, 3.8) is 0 Å². The molecule has 14 heavy (non-hydrogen) atoms. The first-order chi connectivity index (χ1) is 6.83. The standard InChI is InChI=1S/C11H11N3/c1-8-10(11(12-2)14-13-8)9-6-4-3-5-7-9/h3-7H,2H2,1H3,(H,13,14). The molecule has 1 heterocycles. The zero-order valence-electron chi connectivity index (χ0n) is 7.99. The molecule has 0 fully saturated rings. The summed E-state index contributed by atoms with van der Waals surface area (Å²) in [5.74, 6) is 0.661. The predicted octanol–water partition coefficient (Wildman–Crippen LogP) is 2.72. The molecule has 0 saturated heterocycles. The number of hydrogen-bond donors (Lipinski definition) is 1. The lowest BCUT2D eigenvalue weighted by atomic mass is 10.1. The van der Waals surface area contributed by atoms with Gasteiger partial charge in [0.25, 0.3) is 0 Å². The van der Waals surface area contributed by atoms with Gasteiger partial charge in [-0.15, -0.1) is 0 Å². The maximum Gasteiger partial charge on any atom is 0.181 e. The molecule has 0 amide bonds. The van der Waals surface area contributed by atoms with Crippen LogP contribution in [0.15, 0.2) is 35.3 Å². The Kier molecular flexibility index (Phi) is 2.14. The number of nitrogens with zero attached hydrogens (tertiary/aromatic N) is 2.